The summed E-state index contributed by atoms with van der Waals surface area (Å²) in [5, 5.41) is 11.5. The van der Waals surface area contributed by atoms with Crippen LogP contribution in [0.25, 0.3) is 0 Å². The Hall–Kier alpha value is -3.36. The van der Waals surface area contributed by atoms with E-state index in [2.05, 4.69) is 40.4 Å². The molecule has 1 saturated heterocycles. The molecule has 1 N–H and O–H groups in total. The summed E-state index contributed by atoms with van der Waals surface area (Å²) in [5.41, 5.74) is 1.08. The molecule has 0 aliphatic carbocycles. The number of β-amino-alcohol motifs (C(OH)–C–C–N with tert-alkyl or cyclic N) is 1. The fourth-order valence-electron chi connectivity index (χ4n) is 4.81. The molecule has 2 aromatic carbocycles. The van der Waals surface area contributed by atoms with Gasteiger partial charge in [-0.15, -0.1) is 0 Å². The number of imidazole rings is 1. The van der Waals surface area contributed by atoms with Crippen molar-refractivity contribution in [3.63, 3.8) is 0 Å². The van der Waals surface area contributed by atoms with Crippen LogP contribution in [0.5, 0.6) is 11.5 Å². The molecule has 1 aromatic heterocycles. The lowest BCUT2D eigenvalue weighted by Crippen LogP contribution is -2.51. The molecule has 38 heavy (non-hydrogen) atoms. The number of ether oxygens (including phenoxy) is 2. The second kappa shape index (κ2) is 12.5. The molecule has 1 atom stereocenters. The zero-order chi connectivity index (χ0) is 27.1. The maximum Gasteiger partial charge on any atom is 0.219 e. The van der Waals surface area contributed by atoms with Gasteiger partial charge in [-0.2, -0.15) is 0 Å². The third-order valence-corrected chi connectivity index (χ3v) is 6.86. The van der Waals surface area contributed by atoms with Crippen molar-refractivity contribution >= 4 is 5.91 Å². The molecular weight excluding hydrogens is 480 g/mol. The Morgan fingerprint density at radius 2 is 1.71 bits per heavy atom. The Balaban J connectivity index is 1.34. The Morgan fingerprint density at radius 3 is 2.39 bits per heavy atom. The van der Waals surface area contributed by atoms with Gasteiger partial charge in [-0.1, -0.05) is 43.7 Å². The summed E-state index contributed by atoms with van der Waals surface area (Å²) in [6.45, 7) is 11.8. The highest BCUT2D eigenvalue weighted by molar-refractivity contribution is 5.73. The predicted molar refractivity (Wildman–Crippen MR) is 147 cm³/mol. The lowest BCUT2D eigenvalue weighted by atomic mass is 10.0. The van der Waals surface area contributed by atoms with Crippen LogP contribution >= 0.6 is 0 Å². The molecule has 0 bridgehead atoms. The van der Waals surface area contributed by atoms with E-state index in [1.54, 1.807) is 11.8 Å². The number of rotatable bonds is 10. The quantitative estimate of drug-likeness (QED) is 0.437. The van der Waals surface area contributed by atoms with Gasteiger partial charge in [0, 0.05) is 51.4 Å². The predicted octanol–water partition coefficient (Wildman–Crippen LogP) is 3.87. The fourth-order valence-corrected chi connectivity index (χ4v) is 4.81. The Bertz CT molecular complexity index is 1180. The molecule has 3 aromatic rings. The molecule has 0 spiro atoms. The average molecular weight is 521 g/mol. The van der Waals surface area contributed by atoms with E-state index in [1.165, 1.54) is 0 Å². The van der Waals surface area contributed by atoms with Gasteiger partial charge in [0.2, 0.25) is 5.91 Å². The van der Waals surface area contributed by atoms with Crippen molar-refractivity contribution in [3.8, 4) is 11.5 Å². The van der Waals surface area contributed by atoms with Gasteiger partial charge in [0.25, 0.3) is 0 Å². The van der Waals surface area contributed by atoms with Crippen LogP contribution in [0.3, 0.4) is 0 Å². The van der Waals surface area contributed by atoms with Crippen molar-refractivity contribution in [2.75, 3.05) is 39.4 Å². The molecule has 204 valence electrons. The fraction of sp³-hybridized carbons (Fsp3) is 0.467. The highest BCUT2D eigenvalue weighted by atomic mass is 16.5. The minimum atomic E-state index is -1.18. The molecule has 1 aliphatic rings. The number of aryl methyl sites for hydroxylation is 1. The van der Waals surface area contributed by atoms with E-state index in [1.807, 2.05) is 55.7 Å². The number of carbonyl (C=O) groups excluding carboxylic acids is 1. The minimum absolute atomic E-state index is 0.0432. The van der Waals surface area contributed by atoms with E-state index in [4.69, 9.17) is 9.47 Å². The summed E-state index contributed by atoms with van der Waals surface area (Å²) in [6, 6.07) is 15.8. The molecule has 0 saturated carbocycles. The average Bonchev–Trinajstić information content (AvgIpc) is 3.29. The van der Waals surface area contributed by atoms with Crippen LogP contribution in [0.15, 0.2) is 60.9 Å². The first-order valence-electron chi connectivity index (χ1n) is 13.3. The second-order valence-corrected chi connectivity index (χ2v) is 10.6. The van der Waals surface area contributed by atoms with Crippen LogP contribution in [0.1, 0.15) is 43.6 Å². The topological polar surface area (TPSA) is 80.1 Å². The van der Waals surface area contributed by atoms with Gasteiger partial charge in [0.1, 0.15) is 36.1 Å². The normalized spacial score (nSPS) is 18.4. The Labute approximate surface area is 225 Å². The summed E-state index contributed by atoms with van der Waals surface area (Å²) < 4.78 is 14.1. The number of nitrogens with zero attached hydrogens (tertiary/aromatic N) is 4. The molecule has 1 aliphatic heterocycles. The SMILES string of the molecule is CC(=O)N1CCN(Cc2ccc(OCCn3ccnc3C(C)C)cc2)CC(O)(COc2ccc(C)cc2)C1. The molecule has 2 heterocycles. The van der Waals surface area contributed by atoms with Crippen LogP contribution in [-0.2, 0) is 17.9 Å². The number of hydrogen-bond donors (Lipinski definition) is 1. The van der Waals surface area contributed by atoms with Crippen molar-refractivity contribution in [2.45, 2.75) is 52.3 Å². The van der Waals surface area contributed by atoms with Gasteiger partial charge in [0.05, 0.1) is 13.1 Å². The number of hydrogen-bond acceptors (Lipinski definition) is 6. The lowest BCUT2D eigenvalue weighted by molar-refractivity contribution is -0.132. The molecule has 8 nitrogen and oxygen atoms in total. The van der Waals surface area contributed by atoms with E-state index < -0.39 is 5.60 Å². The maximum absolute atomic E-state index is 12.2. The molecule has 1 fully saturated rings. The summed E-state index contributed by atoms with van der Waals surface area (Å²) in [5.74, 6) is 2.92. The van der Waals surface area contributed by atoms with Crippen molar-refractivity contribution in [1.29, 1.82) is 0 Å². The van der Waals surface area contributed by atoms with Gasteiger partial charge in [-0.25, -0.2) is 4.98 Å². The highest BCUT2D eigenvalue weighted by Gasteiger charge is 2.36. The monoisotopic (exact) mass is 520 g/mol. The molecule has 0 radical (unpaired) electrons. The number of aliphatic hydroxyl groups is 1. The number of amides is 1. The standard InChI is InChI=1S/C30H40N4O4/c1-23(2)29-31-13-14-33(29)17-18-37-27-11-7-26(8-12-27)19-32-15-16-34(25(4)35)21-30(36,20-32)22-38-28-9-5-24(3)6-10-28/h5-14,23,36H,15-22H2,1-4H3. The Morgan fingerprint density at radius 1 is 1.03 bits per heavy atom. The van der Waals surface area contributed by atoms with E-state index in [9.17, 15) is 9.90 Å². The third-order valence-electron chi connectivity index (χ3n) is 6.86. The van der Waals surface area contributed by atoms with Crippen molar-refractivity contribution in [3.05, 3.63) is 77.9 Å². The zero-order valence-electron chi connectivity index (χ0n) is 23.0. The third kappa shape index (κ3) is 7.58. The van der Waals surface area contributed by atoms with Crippen molar-refractivity contribution < 1.29 is 19.4 Å². The maximum atomic E-state index is 12.2. The largest absolute Gasteiger partial charge is 0.492 e. The summed E-state index contributed by atoms with van der Waals surface area (Å²) in [4.78, 5) is 20.5. The van der Waals surface area contributed by atoms with E-state index >= 15 is 0 Å². The zero-order valence-corrected chi connectivity index (χ0v) is 23.0. The molecule has 1 unspecified atom stereocenters. The van der Waals surface area contributed by atoms with Crippen LogP contribution < -0.4 is 9.47 Å². The van der Waals surface area contributed by atoms with Gasteiger partial charge >= 0.3 is 0 Å². The Kier molecular flexibility index (Phi) is 9.07. The van der Waals surface area contributed by atoms with Crippen molar-refractivity contribution in [1.82, 2.24) is 19.4 Å². The van der Waals surface area contributed by atoms with Gasteiger partial charge in [-0.05, 0) is 36.8 Å². The van der Waals surface area contributed by atoms with E-state index in [0.717, 1.165) is 29.2 Å². The van der Waals surface area contributed by atoms with Crippen LogP contribution in [0.4, 0.5) is 0 Å². The highest BCUT2D eigenvalue weighted by Crippen LogP contribution is 2.21. The number of aromatic nitrogens is 2. The summed E-state index contributed by atoms with van der Waals surface area (Å²) >= 11 is 0. The van der Waals surface area contributed by atoms with Gasteiger partial charge in [0.15, 0.2) is 0 Å². The lowest BCUT2D eigenvalue weighted by Gasteiger charge is -2.32. The molecule has 8 heteroatoms. The molecular formula is C30H40N4O4. The summed E-state index contributed by atoms with van der Waals surface area (Å²) in [7, 11) is 0. The van der Waals surface area contributed by atoms with Gasteiger partial charge in [-0.3, -0.25) is 9.69 Å². The van der Waals surface area contributed by atoms with E-state index in [-0.39, 0.29) is 19.1 Å². The van der Waals surface area contributed by atoms with Crippen molar-refractivity contribution in [2.24, 2.45) is 0 Å². The van der Waals surface area contributed by atoms with Crippen LogP contribution in [0, 0.1) is 6.92 Å². The second-order valence-electron chi connectivity index (χ2n) is 10.6. The number of carbonyl (C=O) groups is 1. The first-order chi connectivity index (χ1) is 18.2. The van der Waals surface area contributed by atoms with Gasteiger partial charge < -0.3 is 24.0 Å². The minimum Gasteiger partial charge on any atom is -0.492 e. The first-order valence-corrected chi connectivity index (χ1v) is 13.3. The molecule has 4 rings (SSSR count). The van der Waals surface area contributed by atoms with Crippen LogP contribution in [0.2, 0.25) is 0 Å². The first kappa shape index (κ1) is 27.7. The summed E-state index contributed by atoms with van der Waals surface area (Å²) in [6.07, 6.45) is 3.82. The number of benzene rings is 2. The van der Waals surface area contributed by atoms with E-state index in [0.29, 0.717) is 44.5 Å². The molecule has 1 amide bonds. The smallest absolute Gasteiger partial charge is 0.219 e. The van der Waals surface area contributed by atoms with Crippen LogP contribution in [-0.4, -0.2) is 75.4 Å².